The lowest BCUT2D eigenvalue weighted by Crippen LogP contribution is -2.33. The number of halogens is 4. The number of nitrogens with two attached hydrogens (primary N) is 1. The highest BCUT2D eigenvalue weighted by molar-refractivity contribution is 5.99. The van der Waals surface area contributed by atoms with Gasteiger partial charge in [-0.2, -0.15) is 0 Å². The van der Waals surface area contributed by atoms with Crippen molar-refractivity contribution < 1.29 is 32.2 Å². The highest BCUT2D eigenvalue weighted by atomic mass is 19.3. The second-order valence-corrected chi connectivity index (χ2v) is 12.9. The second-order valence-electron chi connectivity index (χ2n) is 12.9. The Morgan fingerprint density at radius 1 is 1.02 bits per heavy atom. The molecule has 0 aromatic heterocycles. The summed E-state index contributed by atoms with van der Waals surface area (Å²) in [5.74, 6) is -3.31. The van der Waals surface area contributed by atoms with Crippen LogP contribution in [0, 0.1) is 12.7 Å². The molecule has 1 saturated heterocycles. The standard InChI is InChI=1S/C26H28FNO3.C13H14F3N/c1-31-25-16-18(17-28-14-12-20(27)13-15-28)8-10-24(25)23-7-3-5-21-19(9-11-26(29)30)4-2-6-22(21)23;1-7-3-9(10-5-13(15,16)6-10)4-11(14)12(7)8(2)17/h2-8,10,16,20H,9,11-15,17H2,1H3,(H,29,30);3-4,10H,2,5-6,17H2,1H3. The van der Waals surface area contributed by atoms with Crippen LogP contribution in [-0.4, -0.2) is 48.3 Å². The molecule has 1 aliphatic carbocycles. The number of hydrogen-bond donors (Lipinski definition) is 2. The molecule has 0 bridgehead atoms. The maximum atomic E-state index is 13.7. The van der Waals surface area contributed by atoms with Crippen molar-refractivity contribution in [3.05, 3.63) is 107 Å². The minimum atomic E-state index is -2.59. The number of hydrogen-bond acceptors (Lipinski definition) is 4. The molecule has 0 atom stereocenters. The molecule has 4 aromatic carbocycles. The maximum absolute atomic E-state index is 13.7. The van der Waals surface area contributed by atoms with Gasteiger partial charge in [-0.3, -0.25) is 9.69 Å². The maximum Gasteiger partial charge on any atom is 0.303 e. The summed E-state index contributed by atoms with van der Waals surface area (Å²) in [5.41, 5.74) is 11.4. The van der Waals surface area contributed by atoms with Crippen molar-refractivity contribution in [1.29, 1.82) is 0 Å². The number of carboxylic acids is 1. The fraction of sp³-hybridized carbons (Fsp3) is 0.359. The zero-order valence-corrected chi connectivity index (χ0v) is 27.4. The fourth-order valence-corrected chi connectivity index (χ4v) is 6.75. The van der Waals surface area contributed by atoms with Crippen LogP contribution in [0.1, 0.15) is 65.8 Å². The van der Waals surface area contributed by atoms with Crippen molar-refractivity contribution in [2.24, 2.45) is 5.73 Å². The van der Waals surface area contributed by atoms with Crippen LogP contribution < -0.4 is 10.5 Å². The Hall–Kier alpha value is -4.37. The Labute approximate surface area is 279 Å². The summed E-state index contributed by atoms with van der Waals surface area (Å²) >= 11 is 0. The molecular formula is C39H42F4N2O3. The Bertz CT molecular complexity index is 1770. The van der Waals surface area contributed by atoms with E-state index in [9.17, 15) is 22.4 Å². The van der Waals surface area contributed by atoms with Gasteiger partial charge in [0.25, 0.3) is 0 Å². The summed E-state index contributed by atoms with van der Waals surface area (Å²) in [7, 11) is 1.68. The van der Waals surface area contributed by atoms with Crippen LogP contribution in [0.15, 0.2) is 73.3 Å². The average molecular weight is 663 g/mol. The molecule has 0 spiro atoms. The number of aryl methyl sites for hydroxylation is 2. The van der Waals surface area contributed by atoms with E-state index in [1.165, 1.54) is 6.07 Å². The first-order valence-electron chi connectivity index (χ1n) is 16.2. The van der Waals surface area contributed by atoms with E-state index >= 15 is 0 Å². The molecule has 0 amide bonds. The molecule has 9 heteroatoms. The summed E-state index contributed by atoms with van der Waals surface area (Å²) in [6.07, 6.45) is 0.761. The second kappa shape index (κ2) is 14.8. The molecule has 6 rings (SSSR count). The van der Waals surface area contributed by atoms with Gasteiger partial charge in [0.1, 0.15) is 17.7 Å². The Morgan fingerprint density at radius 2 is 1.71 bits per heavy atom. The van der Waals surface area contributed by atoms with E-state index in [1.54, 1.807) is 20.1 Å². The zero-order valence-electron chi connectivity index (χ0n) is 27.4. The molecule has 1 heterocycles. The van der Waals surface area contributed by atoms with Gasteiger partial charge in [-0.05, 0) is 82.8 Å². The molecule has 2 aliphatic rings. The Kier molecular flexibility index (Phi) is 10.8. The van der Waals surface area contributed by atoms with Gasteiger partial charge in [0, 0.05) is 55.7 Å². The van der Waals surface area contributed by atoms with Crippen molar-refractivity contribution in [2.75, 3.05) is 20.2 Å². The minimum Gasteiger partial charge on any atom is -0.496 e. The van der Waals surface area contributed by atoms with Crippen LogP contribution in [-0.2, 0) is 17.8 Å². The molecule has 2 fully saturated rings. The van der Waals surface area contributed by atoms with Crippen molar-refractivity contribution in [3.8, 4) is 16.9 Å². The van der Waals surface area contributed by atoms with Crippen molar-refractivity contribution in [2.45, 2.75) is 70.0 Å². The van der Waals surface area contributed by atoms with Gasteiger partial charge in [0.2, 0.25) is 5.92 Å². The third-order valence-electron chi connectivity index (χ3n) is 9.29. The number of piperidine rings is 1. The summed E-state index contributed by atoms with van der Waals surface area (Å²) < 4.78 is 58.4. The molecule has 5 nitrogen and oxygen atoms in total. The number of rotatable bonds is 9. The molecule has 48 heavy (non-hydrogen) atoms. The highest BCUT2D eigenvalue weighted by Gasteiger charge is 2.46. The van der Waals surface area contributed by atoms with Crippen LogP contribution in [0.3, 0.4) is 0 Å². The number of fused-ring (bicyclic) bond motifs is 1. The first kappa shape index (κ1) is 35.0. The van der Waals surface area contributed by atoms with Crippen LogP contribution in [0.4, 0.5) is 17.6 Å². The fourth-order valence-electron chi connectivity index (χ4n) is 6.75. The summed E-state index contributed by atoms with van der Waals surface area (Å²) in [6, 6.07) is 21.5. The molecule has 3 N–H and O–H groups in total. The van der Waals surface area contributed by atoms with Crippen molar-refractivity contribution >= 4 is 22.4 Å². The lowest BCUT2D eigenvalue weighted by Gasteiger charge is -2.35. The molecule has 4 aromatic rings. The van der Waals surface area contributed by atoms with E-state index in [0.717, 1.165) is 58.4 Å². The van der Waals surface area contributed by atoms with Gasteiger partial charge < -0.3 is 15.6 Å². The quantitative estimate of drug-likeness (QED) is 0.175. The number of likely N-dealkylation sites (tertiary alicyclic amines) is 1. The summed E-state index contributed by atoms with van der Waals surface area (Å²) in [4.78, 5) is 13.3. The largest absolute Gasteiger partial charge is 0.496 e. The highest BCUT2D eigenvalue weighted by Crippen LogP contribution is 2.48. The smallest absolute Gasteiger partial charge is 0.303 e. The van der Waals surface area contributed by atoms with Gasteiger partial charge in [0.05, 0.1) is 7.11 Å². The molecule has 1 saturated carbocycles. The molecule has 1 aliphatic heterocycles. The minimum absolute atomic E-state index is 0.112. The number of methoxy groups -OCH3 is 1. The van der Waals surface area contributed by atoms with Gasteiger partial charge in [0.15, 0.2) is 0 Å². The normalized spacial score (nSPS) is 16.5. The van der Waals surface area contributed by atoms with Crippen molar-refractivity contribution in [1.82, 2.24) is 4.90 Å². The van der Waals surface area contributed by atoms with Crippen LogP contribution in [0.2, 0.25) is 0 Å². The number of nitrogens with zero attached hydrogens (tertiary/aromatic N) is 1. The van der Waals surface area contributed by atoms with E-state index in [4.69, 9.17) is 15.6 Å². The number of ether oxygens (including phenoxy) is 1. The number of carbonyl (C=O) groups is 1. The molecule has 0 unspecified atom stereocenters. The zero-order chi connectivity index (χ0) is 34.6. The third-order valence-corrected chi connectivity index (χ3v) is 9.29. The van der Waals surface area contributed by atoms with Crippen LogP contribution in [0.25, 0.3) is 27.6 Å². The molecule has 0 radical (unpaired) electrons. The van der Waals surface area contributed by atoms with Crippen LogP contribution in [0.5, 0.6) is 5.75 Å². The number of benzene rings is 4. The Balaban J connectivity index is 0.000000224. The van der Waals surface area contributed by atoms with Crippen molar-refractivity contribution in [3.63, 3.8) is 0 Å². The lowest BCUT2D eigenvalue weighted by atomic mass is 9.76. The molecule has 254 valence electrons. The van der Waals surface area contributed by atoms with E-state index < -0.39 is 23.9 Å². The van der Waals surface area contributed by atoms with Gasteiger partial charge in [-0.25, -0.2) is 17.6 Å². The number of carboxylic acid groups (broad SMARTS) is 1. The van der Waals surface area contributed by atoms with E-state index in [0.29, 0.717) is 30.4 Å². The van der Waals surface area contributed by atoms with Gasteiger partial charge in [-0.15, -0.1) is 0 Å². The lowest BCUT2D eigenvalue weighted by molar-refractivity contribution is -0.136. The van der Waals surface area contributed by atoms with E-state index in [2.05, 4.69) is 41.8 Å². The third kappa shape index (κ3) is 8.19. The van der Waals surface area contributed by atoms with Crippen LogP contribution >= 0.6 is 0 Å². The average Bonchev–Trinajstić information content (AvgIpc) is 3.03. The van der Waals surface area contributed by atoms with E-state index in [-0.39, 0.29) is 36.4 Å². The first-order valence-corrected chi connectivity index (χ1v) is 16.2. The Morgan fingerprint density at radius 3 is 2.33 bits per heavy atom. The number of alkyl halides is 3. The van der Waals surface area contributed by atoms with E-state index in [1.807, 2.05) is 24.3 Å². The van der Waals surface area contributed by atoms with Gasteiger partial charge in [-0.1, -0.05) is 61.2 Å². The topological polar surface area (TPSA) is 75.8 Å². The summed E-state index contributed by atoms with van der Waals surface area (Å²) in [5, 5.41) is 11.2. The molecular weight excluding hydrogens is 620 g/mol. The summed E-state index contributed by atoms with van der Waals surface area (Å²) in [6.45, 7) is 7.56. The number of aliphatic carboxylic acids is 1. The van der Waals surface area contributed by atoms with Gasteiger partial charge >= 0.3 is 5.97 Å². The first-order chi connectivity index (χ1) is 22.8. The SMILES string of the molecule is C=C(N)c1c(C)cc(C2CC(F)(F)C2)cc1F.COc1cc(CN2CCC(F)CC2)ccc1-c1cccc2c(CCC(=O)O)cccc12. The predicted octanol–water partition coefficient (Wildman–Crippen LogP) is 9.04. The predicted molar refractivity (Wildman–Crippen MR) is 183 cm³/mol. The monoisotopic (exact) mass is 662 g/mol.